The van der Waals surface area contributed by atoms with Crippen molar-refractivity contribution in [1.29, 1.82) is 0 Å². The summed E-state index contributed by atoms with van der Waals surface area (Å²) < 4.78 is 1.86. The molecule has 0 radical (unpaired) electrons. The van der Waals surface area contributed by atoms with Gasteiger partial charge in [-0.25, -0.2) is 9.78 Å². The van der Waals surface area contributed by atoms with Crippen molar-refractivity contribution in [3.8, 4) is 0 Å². The quantitative estimate of drug-likeness (QED) is 0.704. The van der Waals surface area contributed by atoms with Gasteiger partial charge in [0.25, 0.3) is 5.56 Å². The Morgan fingerprint density at radius 3 is 2.72 bits per heavy atom. The summed E-state index contributed by atoms with van der Waals surface area (Å²) in [6, 6.07) is 10.6. The van der Waals surface area contributed by atoms with Crippen LogP contribution >= 0.6 is 0 Å². The first-order chi connectivity index (χ1) is 13.9. The number of hydrogen-bond donors (Lipinski definition) is 2. The third kappa shape index (κ3) is 2.74. The lowest BCUT2D eigenvalue weighted by atomic mass is 9.99. The molecular weight excluding hydrogens is 366 g/mol. The van der Waals surface area contributed by atoms with Crippen molar-refractivity contribution in [3.05, 3.63) is 69.3 Å². The summed E-state index contributed by atoms with van der Waals surface area (Å²) >= 11 is 0. The molecule has 0 bridgehead atoms. The van der Waals surface area contributed by atoms with E-state index in [9.17, 15) is 14.7 Å². The van der Waals surface area contributed by atoms with E-state index in [2.05, 4.69) is 5.32 Å². The van der Waals surface area contributed by atoms with Crippen molar-refractivity contribution in [2.45, 2.75) is 51.1 Å². The normalized spacial score (nSPS) is 17.3. The fourth-order valence-electron chi connectivity index (χ4n) is 4.61. The number of carboxylic acid groups (broad SMARTS) is 1. The van der Waals surface area contributed by atoms with Crippen molar-refractivity contribution in [2.75, 3.05) is 5.32 Å². The van der Waals surface area contributed by atoms with Gasteiger partial charge in [0, 0.05) is 23.2 Å². The summed E-state index contributed by atoms with van der Waals surface area (Å²) in [4.78, 5) is 29.8. The lowest BCUT2D eigenvalue weighted by Gasteiger charge is -2.20. The number of aryl methyl sites for hydroxylation is 1. The zero-order chi connectivity index (χ0) is 20.3. The molecule has 0 amide bonds. The number of fused-ring (bicyclic) bond motifs is 3. The van der Waals surface area contributed by atoms with Gasteiger partial charge in [-0.05, 0) is 56.9 Å². The van der Waals surface area contributed by atoms with Crippen molar-refractivity contribution in [1.82, 2.24) is 9.55 Å². The molecule has 148 valence electrons. The molecule has 1 aliphatic heterocycles. The highest BCUT2D eigenvalue weighted by molar-refractivity contribution is 5.94. The second kappa shape index (κ2) is 6.17. The van der Waals surface area contributed by atoms with Gasteiger partial charge in [0.15, 0.2) is 0 Å². The van der Waals surface area contributed by atoms with Gasteiger partial charge in [-0.1, -0.05) is 18.2 Å². The highest BCUT2D eigenvalue weighted by Gasteiger charge is 2.51. The summed E-state index contributed by atoms with van der Waals surface area (Å²) in [6.45, 7) is 4.70. The number of carbonyl (C=O) groups is 1. The number of rotatable bonds is 4. The van der Waals surface area contributed by atoms with E-state index in [1.807, 2.05) is 36.6 Å². The number of hydrogen-bond acceptors (Lipinski definition) is 4. The molecule has 3 aromatic rings. The second-order valence-electron chi connectivity index (χ2n) is 8.39. The van der Waals surface area contributed by atoms with E-state index >= 15 is 0 Å². The first kappa shape index (κ1) is 17.9. The minimum Gasteiger partial charge on any atom is -0.478 e. The maximum Gasteiger partial charge on any atom is 0.337 e. The smallest absolute Gasteiger partial charge is 0.337 e. The van der Waals surface area contributed by atoms with Crippen LogP contribution in [0.4, 0.5) is 5.69 Å². The van der Waals surface area contributed by atoms with Gasteiger partial charge in [-0.2, -0.15) is 0 Å². The highest BCUT2D eigenvalue weighted by Crippen LogP contribution is 2.53. The van der Waals surface area contributed by atoms with Crippen molar-refractivity contribution in [2.24, 2.45) is 0 Å². The maximum absolute atomic E-state index is 13.2. The van der Waals surface area contributed by atoms with Crippen LogP contribution in [0.3, 0.4) is 0 Å². The zero-order valence-electron chi connectivity index (χ0n) is 16.5. The lowest BCUT2D eigenvalue weighted by Crippen LogP contribution is -2.23. The van der Waals surface area contributed by atoms with Crippen LogP contribution in [0.5, 0.6) is 0 Å². The van der Waals surface area contributed by atoms with Crippen LogP contribution in [-0.4, -0.2) is 20.6 Å². The standard InChI is InChI=1S/C23H23N3O3/c1-13-11-16(14(2)24-18-6-4-3-5-15(18)21(28)29)19-17(12-13)20(27)26-10-9-23(7-8-23)22(26)25-19/h3-6,11-12,14,24H,7-10H2,1-2H3,(H,28,29)/t14-/m1/s1. The Bertz CT molecular complexity index is 1220. The van der Waals surface area contributed by atoms with Gasteiger partial charge in [-0.3, -0.25) is 9.36 Å². The molecule has 2 heterocycles. The van der Waals surface area contributed by atoms with Crippen LogP contribution in [0, 0.1) is 6.92 Å². The number of nitrogens with zero attached hydrogens (tertiary/aromatic N) is 2. The van der Waals surface area contributed by atoms with Gasteiger partial charge >= 0.3 is 5.97 Å². The Morgan fingerprint density at radius 2 is 2.00 bits per heavy atom. The molecule has 0 saturated heterocycles. The van der Waals surface area contributed by atoms with E-state index in [1.165, 1.54) is 0 Å². The van der Waals surface area contributed by atoms with Gasteiger partial charge in [0.05, 0.1) is 22.5 Å². The van der Waals surface area contributed by atoms with Crippen LogP contribution < -0.4 is 10.9 Å². The first-order valence-corrected chi connectivity index (χ1v) is 10.0. The summed E-state index contributed by atoms with van der Waals surface area (Å²) in [5, 5.41) is 13.4. The number of anilines is 1. The van der Waals surface area contributed by atoms with E-state index in [0.717, 1.165) is 48.3 Å². The molecule has 6 heteroatoms. The van der Waals surface area contributed by atoms with E-state index in [4.69, 9.17) is 4.98 Å². The van der Waals surface area contributed by atoms with Gasteiger partial charge in [0.2, 0.25) is 0 Å². The average molecular weight is 389 g/mol. The van der Waals surface area contributed by atoms with E-state index in [0.29, 0.717) is 11.1 Å². The van der Waals surface area contributed by atoms with Gasteiger partial charge < -0.3 is 10.4 Å². The Hall–Kier alpha value is -3.15. The molecule has 1 atom stereocenters. The molecule has 0 unspecified atom stereocenters. The van der Waals surface area contributed by atoms with Gasteiger partial charge in [-0.15, -0.1) is 0 Å². The van der Waals surface area contributed by atoms with Gasteiger partial charge in [0.1, 0.15) is 5.82 Å². The largest absolute Gasteiger partial charge is 0.478 e. The van der Waals surface area contributed by atoms with Crippen LogP contribution in [0.15, 0.2) is 41.2 Å². The SMILES string of the molecule is Cc1cc([C@@H](C)Nc2ccccc2C(=O)O)c2nc3n(c(=O)c2c1)CCC31CC1. The number of aromatic carboxylic acids is 1. The van der Waals surface area contributed by atoms with E-state index in [1.54, 1.807) is 18.2 Å². The number of para-hydroxylation sites is 1. The Balaban J connectivity index is 1.65. The summed E-state index contributed by atoms with van der Waals surface area (Å²) in [7, 11) is 0. The predicted molar refractivity (Wildman–Crippen MR) is 112 cm³/mol. The zero-order valence-corrected chi connectivity index (χ0v) is 16.5. The average Bonchev–Trinajstić information content (AvgIpc) is 3.39. The Labute approximate surface area is 168 Å². The molecule has 29 heavy (non-hydrogen) atoms. The third-order valence-electron chi connectivity index (χ3n) is 6.37. The summed E-state index contributed by atoms with van der Waals surface area (Å²) in [5.74, 6) is -0.0440. The topological polar surface area (TPSA) is 84.2 Å². The second-order valence-corrected chi connectivity index (χ2v) is 8.39. The summed E-state index contributed by atoms with van der Waals surface area (Å²) in [6.07, 6.45) is 3.21. The lowest BCUT2D eigenvalue weighted by molar-refractivity contribution is 0.0698. The molecule has 1 aliphatic carbocycles. The molecule has 2 aromatic carbocycles. The maximum atomic E-state index is 13.2. The van der Waals surface area contributed by atoms with Crippen LogP contribution in [-0.2, 0) is 12.0 Å². The number of nitrogens with one attached hydrogen (secondary N) is 1. The number of benzene rings is 2. The molecule has 1 spiro atoms. The van der Waals surface area contributed by atoms with Crippen LogP contribution in [0.25, 0.3) is 10.9 Å². The highest BCUT2D eigenvalue weighted by atomic mass is 16.4. The fraction of sp³-hybridized carbons (Fsp3) is 0.348. The predicted octanol–water partition coefficient (Wildman–Crippen LogP) is 4.01. The molecule has 1 fully saturated rings. The first-order valence-electron chi connectivity index (χ1n) is 10.0. The molecule has 6 nitrogen and oxygen atoms in total. The monoisotopic (exact) mass is 389 g/mol. The fourth-order valence-corrected chi connectivity index (χ4v) is 4.61. The minimum atomic E-state index is -0.973. The summed E-state index contributed by atoms with van der Waals surface area (Å²) in [5.41, 5.74) is 3.56. The molecule has 2 aliphatic rings. The third-order valence-corrected chi connectivity index (χ3v) is 6.37. The van der Waals surface area contributed by atoms with Crippen molar-refractivity contribution in [3.63, 3.8) is 0 Å². The van der Waals surface area contributed by atoms with Crippen molar-refractivity contribution >= 4 is 22.6 Å². The van der Waals surface area contributed by atoms with E-state index in [-0.39, 0.29) is 22.6 Å². The molecule has 2 N–H and O–H groups in total. The molecule has 5 rings (SSSR count). The molecule has 1 aromatic heterocycles. The van der Waals surface area contributed by atoms with Crippen LogP contribution in [0.1, 0.15) is 59.5 Å². The number of carboxylic acids is 1. The van der Waals surface area contributed by atoms with E-state index < -0.39 is 5.97 Å². The molecule has 1 saturated carbocycles. The Morgan fingerprint density at radius 1 is 1.24 bits per heavy atom. The molecular formula is C23H23N3O3. The Kier molecular flexibility index (Phi) is 3.81. The van der Waals surface area contributed by atoms with Crippen LogP contribution in [0.2, 0.25) is 0 Å². The number of aromatic nitrogens is 2. The minimum absolute atomic E-state index is 0.0388. The van der Waals surface area contributed by atoms with Crippen molar-refractivity contribution < 1.29 is 9.90 Å².